The number of allylic oxidation sites excluding steroid dienone is 9. The minimum atomic E-state index is -0.335. The highest BCUT2D eigenvalue weighted by atomic mass is 35.5. The van der Waals surface area contributed by atoms with Gasteiger partial charge in [-0.05, 0) is 31.1 Å². The number of nitrogens with two attached hydrogens (primary N) is 1. The van der Waals surface area contributed by atoms with E-state index in [-0.39, 0.29) is 17.7 Å². The van der Waals surface area contributed by atoms with Crippen LogP contribution in [0.1, 0.15) is 20.3 Å². The molecule has 0 radical (unpaired) electrons. The first kappa shape index (κ1) is 19.7. The van der Waals surface area contributed by atoms with E-state index in [1.165, 1.54) is 13.0 Å². The molecule has 0 spiro atoms. The summed E-state index contributed by atoms with van der Waals surface area (Å²) >= 11 is 5.91. The Bertz CT molecular complexity index is 813. The molecule has 136 valence electrons. The molecule has 0 bridgehead atoms. The Labute approximate surface area is 158 Å². The molecular formula is C20H22ClN3O2. The molecule has 0 aromatic carbocycles. The Morgan fingerprint density at radius 3 is 2.69 bits per heavy atom. The third kappa shape index (κ3) is 4.50. The van der Waals surface area contributed by atoms with E-state index in [9.17, 15) is 9.59 Å². The maximum Gasteiger partial charge on any atom is 0.257 e. The Morgan fingerprint density at radius 2 is 2.12 bits per heavy atom. The second kappa shape index (κ2) is 8.65. The maximum atomic E-state index is 12.6. The summed E-state index contributed by atoms with van der Waals surface area (Å²) in [7, 11) is 0. The first-order valence-electron chi connectivity index (χ1n) is 8.18. The van der Waals surface area contributed by atoms with Crippen LogP contribution < -0.4 is 11.2 Å². The molecule has 2 rings (SSSR count). The molecule has 0 aromatic rings. The maximum absolute atomic E-state index is 12.6. The Kier molecular flexibility index (Phi) is 6.55. The highest BCUT2D eigenvalue weighted by molar-refractivity contribution is 6.31. The number of carbonyl (C=O) groups excluding carboxylic acids is 2. The van der Waals surface area contributed by atoms with Crippen LogP contribution in [0.25, 0.3) is 0 Å². The van der Waals surface area contributed by atoms with Crippen molar-refractivity contribution in [3.8, 4) is 0 Å². The summed E-state index contributed by atoms with van der Waals surface area (Å²) in [6, 6.07) is 0. The Morgan fingerprint density at radius 1 is 1.38 bits per heavy atom. The molecule has 0 aromatic heterocycles. The number of rotatable bonds is 5. The van der Waals surface area contributed by atoms with E-state index in [1.54, 1.807) is 18.2 Å². The smallest absolute Gasteiger partial charge is 0.257 e. The quantitative estimate of drug-likeness (QED) is 0.256. The van der Waals surface area contributed by atoms with Gasteiger partial charge in [-0.1, -0.05) is 54.6 Å². The fourth-order valence-corrected chi connectivity index (χ4v) is 2.72. The van der Waals surface area contributed by atoms with Crippen molar-refractivity contribution in [2.75, 3.05) is 0 Å². The minimum Gasteiger partial charge on any atom is -0.322 e. The second-order valence-electron chi connectivity index (χ2n) is 5.96. The normalized spacial score (nSPS) is 22.1. The van der Waals surface area contributed by atoms with Crippen molar-refractivity contribution in [3.05, 3.63) is 82.8 Å². The Balaban J connectivity index is 2.48. The van der Waals surface area contributed by atoms with Crippen LogP contribution in [0.4, 0.5) is 0 Å². The molecule has 2 amide bonds. The molecule has 1 atom stereocenters. The fourth-order valence-electron chi connectivity index (χ4n) is 2.66. The molecule has 0 saturated heterocycles. The van der Waals surface area contributed by atoms with Crippen LogP contribution in [0.15, 0.2) is 82.8 Å². The molecule has 1 heterocycles. The van der Waals surface area contributed by atoms with Crippen LogP contribution in [0.3, 0.4) is 0 Å². The van der Waals surface area contributed by atoms with Gasteiger partial charge in [0, 0.05) is 23.6 Å². The lowest BCUT2D eigenvalue weighted by Crippen LogP contribution is -2.39. The molecule has 1 aliphatic heterocycles. The first-order chi connectivity index (χ1) is 12.3. The van der Waals surface area contributed by atoms with Crippen molar-refractivity contribution in [1.82, 2.24) is 10.3 Å². The number of halogens is 1. The third-order valence-electron chi connectivity index (χ3n) is 4.10. The van der Waals surface area contributed by atoms with E-state index in [0.29, 0.717) is 28.4 Å². The number of hydrogen-bond donors (Lipinski definition) is 2. The van der Waals surface area contributed by atoms with Gasteiger partial charge in [-0.25, -0.2) is 5.84 Å². The second-order valence-corrected chi connectivity index (χ2v) is 6.40. The van der Waals surface area contributed by atoms with Gasteiger partial charge in [-0.2, -0.15) is 0 Å². The molecule has 0 saturated carbocycles. The van der Waals surface area contributed by atoms with Crippen LogP contribution in [-0.2, 0) is 9.59 Å². The topological polar surface area (TPSA) is 75.4 Å². The number of hydrazine groups is 1. The van der Waals surface area contributed by atoms with Crippen LogP contribution in [-0.4, -0.2) is 16.8 Å². The molecule has 0 fully saturated rings. The van der Waals surface area contributed by atoms with E-state index < -0.39 is 0 Å². The summed E-state index contributed by atoms with van der Waals surface area (Å²) in [6.45, 7) is 6.81. The van der Waals surface area contributed by atoms with Gasteiger partial charge in [0.15, 0.2) is 0 Å². The number of carbonyl (C=O) groups is 2. The van der Waals surface area contributed by atoms with Gasteiger partial charge in [0.25, 0.3) is 5.91 Å². The van der Waals surface area contributed by atoms with E-state index >= 15 is 0 Å². The summed E-state index contributed by atoms with van der Waals surface area (Å²) in [5.74, 6) is 5.20. The van der Waals surface area contributed by atoms with E-state index in [4.69, 9.17) is 17.4 Å². The van der Waals surface area contributed by atoms with E-state index in [1.807, 2.05) is 31.2 Å². The van der Waals surface area contributed by atoms with Crippen molar-refractivity contribution in [2.24, 2.45) is 11.8 Å². The van der Waals surface area contributed by atoms with Gasteiger partial charge < -0.3 is 5.32 Å². The number of hydrogen-bond acceptors (Lipinski definition) is 3. The lowest BCUT2D eigenvalue weighted by molar-refractivity contribution is -0.127. The number of nitrogens with one attached hydrogen (secondary N) is 1. The predicted octanol–water partition coefficient (Wildman–Crippen LogP) is 3.36. The van der Waals surface area contributed by atoms with Gasteiger partial charge in [0.2, 0.25) is 5.91 Å². The first-order valence-corrected chi connectivity index (χ1v) is 8.55. The van der Waals surface area contributed by atoms with Gasteiger partial charge in [-0.3, -0.25) is 14.6 Å². The molecule has 5 nitrogen and oxygen atoms in total. The number of nitrogens with zero attached hydrogens (tertiary/aromatic N) is 1. The lowest BCUT2D eigenvalue weighted by atomic mass is 9.93. The van der Waals surface area contributed by atoms with Crippen molar-refractivity contribution in [2.45, 2.75) is 20.3 Å². The van der Waals surface area contributed by atoms with E-state index in [0.717, 1.165) is 10.6 Å². The number of amides is 2. The third-order valence-corrected chi connectivity index (χ3v) is 4.38. The van der Waals surface area contributed by atoms with Crippen molar-refractivity contribution < 1.29 is 9.59 Å². The van der Waals surface area contributed by atoms with Crippen molar-refractivity contribution >= 4 is 23.4 Å². The standard InChI is InChI=1S/C20H22ClN3O2/c1-4-16(21)11-10-13(2)18-12-17(20(26)23-18)19(24(22)14(3)25)15-8-6-5-7-9-15/h4-8,10-12,15H,1,9,22H2,2-3H3,(H,23,26)/b13-10+,16-11+,19-17+. The van der Waals surface area contributed by atoms with Gasteiger partial charge in [0.1, 0.15) is 0 Å². The molecule has 26 heavy (non-hydrogen) atoms. The monoisotopic (exact) mass is 371 g/mol. The van der Waals surface area contributed by atoms with Crippen LogP contribution in [0.5, 0.6) is 0 Å². The zero-order chi connectivity index (χ0) is 19.3. The van der Waals surface area contributed by atoms with E-state index in [2.05, 4.69) is 11.9 Å². The van der Waals surface area contributed by atoms with Crippen molar-refractivity contribution in [1.29, 1.82) is 0 Å². The molecule has 1 unspecified atom stereocenters. The molecule has 1 aliphatic carbocycles. The van der Waals surface area contributed by atoms with Crippen LogP contribution >= 0.6 is 11.6 Å². The van der Waals surface area contributed by atoms with Crippen LogP contribution in [0.2, 0.25) is 0 Å². The fraction of sp³-hybridized carbons (Fsp3) is 0.200. The summed E-state index contributed by atoms with van der Waals surface area (Å²) in [4.78, 5) is 24.4. The average Bonchev–Trinajstić information content (AvgIpc) is 3.02. The molecule has 6 heteroatoms. The molecule has 2 aliphatic rings. The van der Waals surface area contributed by atoms with Gasteiger partial charge in [-0.15, -0.1) is 0 Å². The van der Waals surface area contributed by atoms with Crippen LogP contribution in [0, 0.1) is 5.92 Å². The zero-order valence-electron chi connectivity index (χ0n) is 14.8. The average molecular weight is 372 g/mol. The summed E-state index contributed by atoms with van der Waals surface area (Å²) in [5.41, 5.74) is 2.32. The SMILES string of the molecule is C=C/C(Cl)=C\C=C(/C)C1=C/C(=C(/C2C=CC=CC2)N(N)C(C)=O)C(=O)N1. The predicted molar refractivity (Wildman–Crippen MR) is 104 cm³/mol. The summed E-state index contributed by atoms with van der Waals surface area (Å²) < 4.78 is 0. The molecular weight excluding hydrogens is 350 g/mol. The van der Waals surface area contributed by atoms with Gasteiger partial charge >= 0.3 is 0 Å². The summed E-state index contributed by atoms with van der Waals surface area (Å²) in [5, 5.41) is 4.37. The highest BCUT2D eigenvalue weighted by Crippen LogP contribution is 2.30. The lowest BCUT2D eigenvalue weighted by Gasteiger charge is -2.26. The highest BCUT2D eigenvalue weighted by Gasteiger charge is 2.29. The van der Waals surface area contributed by atoms with Crippen molar-refractivity contribution in [3.63, 3.8) is 0 Å². The van der Waals surface area contributed by atoms with Gasteiger partial charge in [0.05, 0.1) is 11.3 Å². The summed E-state index contributed by atoms with van der Waals surface area (Å²) in [6.07, 6.45) is 15.1. The minimum absolute atomic E-state index is 0.148. The zero-order valence-corrected chi connectivity index (χ0v) is 15.6. The molecule has 3 N–H and O–H groups in total. The Hall–Kier alpha value is -2.63. The largest absolute Gasteiger partial charge is 0.322 e.